The van der Waals surface area contributed by atoms with Crippen molar-refractivity contribution in [3.05, 3.63) is 76.7 Å². The number of hydrogen-bond donors (Lipinski definition) is 2. The molecule has 0 unspecified atom stereocenters. The van der Waals surface area contributed by atoms with Crippen molar-refractivity contribution in [3.63, 3.8) is 0 Å². The molecule has 5 rings (SSSR count). The Hall–Kier alpha value is -3.46. The van der Waals surface area contributed by atoms with E-state index < -0.39 is 5.41 Å². The first-order chi connectivity index (χ1) is 15.0. The van der Waals surface area contributed by atoms with E-state index in [9.17, 15) is 0 Å². The van der Waals surface area contributed by atoms with E-state index in [0.29, 0.717) is 17.4 Å². The largest absolute Gasteiger partial charge is 0.286 e. The van der Waals surface area contributed by atoms with Crippen molar-refractivity contribution in [2.45, 2.75) is 18.3 Å². The molecule has 0 aliphatic heterocycles. The highest BCUT2D eigenvalue weighted by Gasteiger charge is 2.50. The monoisotopic (exact) mass is 474 g/mol. The molecule has 3 heterocycles. The van der Waals surface area contributed by atoms with Crippen LogP contribution in [0, 0.1) is 10.8 Å². The lowest BCUT2D eigenvalue weighted by Crippen LogP contribution is -2.36. The van der Waals surface area contributed by atoms with Crippen LogP contribution in [-0.2, 0) is 12.5 Å². The number of nitrogens with one attached hydrogen (secondary N) is 2. The molecule has 1 aliphatic rings. The maximum atomic E-state index is 8.96. The second-order valence-electron chi connectivity index (χ2n) is 7.65. The molecule has 0 bridgehead atoms. The fourth-order valence-corrected chi connectivity index (χ4v) is 3.91. The average Bonchev–Trinajstić information content (AvgIpc) is 3.49. The second-order valence-corrected chi connectivity index (χ2v) is 8.57. The van der Waals surface area contributed by atoms with Gasteiger partial charge in [0.15, 0.2) is 5.82 Å². The molecule has 0 amide bonds. The van der Waals surface area contributed by atoms with Crippen molar-refractivity contribution >= 4 is 21.8 Å². The van der Waals surface area contributed by atoms with Crippen LogP contribution in [0.3, 0.4) is 0 Å². The zero-order valence-electron chi connectivity index (χ0n) is 16.7. The van der Waals surface area contributed by atoms with Gasteiger partial charge in [-0.15, -0.1) is 0 Å². The van der Waals surface area contributed by atoms with Crippen LogP contribution in [0.4, 0.5) is 0 Å². The van der Waals surface area contributed by atoms with Crippen molar-refractivity contribution in [3.8, 4) is 22.6 Å². The summed E-state index contributed by atoms with van der Waals surface area (Å²) in [7, 11) is 1.85. The first kappa shape index (κ1) is 19.5. The third kappa shape index (κ3) is 3.50. The van der Waals surface area contributed by atoms with E-state index in [1.54, 1.807) is 35.4 Å². The van der Waals surface area contributed by atoms with Crippen LogP contribution < -0.4 is 5.49 Å². The summed E-state index contributed by atoms with van der Waals surface area (Å²) in [4.78, 5) is 8.78. The molecule has 4 aromatic rings. The van der Waals surface area contributed by atoms with E-state index in [4.69, 9.17) is 10.8 Å². The molecule has 1 aromatic carbocycles. The molecule has 154 valence electrons. The molecule has 0 atom stereocenters. The Morgan fingerprint density at radius 2 is 1.84 bits per heavy atom. The van der Waals surface area contributed by atoms with E-state index in [2.05, 4.69) is 36.1 Å². The number of hydrogen-bond acceptors (Lipinski definition) is 6. The number of aromatic nitrogens is 6. The smallest absolute Gasteiger partial charge is 0.159 e. The zero-order valence-corrected chi connectivity index (χ0v) is 18.3. The summed E-state index contributed by atoms with van der Waals surface area (Å²) in [6, 6.07) is 11.5. The third-order valence-electron chi connectivity index (χ3n) is 5.54. The third-order valence-corrected chi connectivity index (χ3v) is 5.95. The lowest BCUT2D eigenvalue weighted by Gasteiger charge is -2.19. The topological polar surface area (TPSA) is 109 Å². The van der Waals surface area contributed by atoms with E-state index in [-0.39, 0.29) is 5.49 Å². The number of benzene rings is 1. The number of rotatable bonds is 4. The predicted molar refractivity (Wildman–Crippen MR) is 119 cm³/mol. The molecule has 0 radical (unpaired) electrons. The molecular weight excluding hydrogens is 456 g/mol. The molecule has 1 fully saturated rings. The van der Waals surface area contributed by atoms with E-state index in [0.717, 1.165) is 34.0 Å². The molecule has 0 spiro atoms. The van der Waals surface area contributed by atoms with Crippen LogP contribution in [-0.4, -0.2) is 35.4 Å². The second kappa shape index (κ2) is 7.35. The van der Waals surface area contributed by atoms with Gasteiger partial charge < -0.3 is 0 Å². The van der Waals surface area contributed by atoms with E-state index in [1.165, 1.54) is 4.68 Å². The fourth-order valence-electron chi connectivity index (χ4n) is 3.71. The Labute approximate surface area is 186 Å². The normalized spacial score (nSPS) is 14.4. The first-order valence-electron chi connectivity index (χ1n) is 9.78. The molecular formula is C22H19BrN8. The number of aryl methyl sites for hydroxylation is 1. The summed E-state index contributed by atoms with van der Waals surface area (Å²) in [5.74, 6) is 0.940. The van der Waals surface area contributed by atoms with Crippen molar-refractivity contribution in [2.24, 2.45) is 7.05 Å². The van der Waals surface area contributed by atoms with Gasteiger partial charge in [-0.25, -0.2) is 14.6 Å². The first-order valence-corrected chi connectivity index (χ1v) is 10.6. The van der Waals surface area contributed by atoms with Gasteiger partial charge in [-0.1, -0.05) is 18.2 Å². The standard InChI is InChI=1S/C22H19BrN8/c1-30-13-15(10-28-30)18-5-6-19(24)31(29-18)21(25)22(7-8-22)16-4-2-3-14(9-16)20-26-11-17(23)12-27-20/h2-6,9-13,24-25H,7-8H2,1H3. The minimum Gasteiger partial charge on any atom is -0.286 e. The summed E-state index contributed by atoms with van der Waals surface area (Å²) in [5, 5.41) is 26.1. The highest BCUT2D eigenvalue weighted by Crippen LogP contribution is 2.49. The highest BCUT2D eigenvalue weighted by molar-refractivity contribution is 9.10. The minimum atomic E-state index is -0.466. The zero-order chi connectivity index (χ0) is 21.6. The van der Waals surface area contributed by atoms with Crippen molar-refractivity contribution in [1.82, 2.24) is 29.5 Å². The van der Waals surface area contributed by atoms with Gasteiger partial charge in [-0.05, 0) is 52.5 Å². The van der Waals surface area contributed by atoms with Crippen LogP contribution in [0.25, 0.3) is 22.6 Å². The fraction of sp³-hybridized carbons (Fsp3) is 0.182. The Kier molecular flexibility index (Phi) is 4.62. The van der Waals surface area contributed by atoms with Crippen LogP contribution in [0.1, 0.15) is 18.4 Å². The Morgan fingerprint density at radius 3 is 2.52 bits per heavy atom. The predicted octanol–water partition coefficient (Wildman–Crippen LogP) is 3.54. The Balaban J connectivity index is 1.52. The van der Waals surface area contributed by atoms with Gasteiger partial charge in [0.1, 0.15) is 11.3 Å². The van der Waals surface area contributed by atoms with Gasteiger partial charge >= 0.3 is 0 Å². The highest BCUT2D eigenvalue weighted by atomic mass is 79.9. The van der Waals surface area contributed by atoms with Gasteiger partial charge in [0.2, 0.25) is 0 Å². The van der Waals surface area contributed by atoms with Crippen LogP contribution in [0.2, 0.25) is 0 Å². The number of halogens is 1. The lowest BCUT2D eigenvalue weighted by atomic mass is 9.92. The summed E-state index contributed by atoms with van der Waals surface area (Å²) >= 11 is 3.36. The van der Waals surface area contributed by atoms with E-state index >= 15 is 0 Å². The molecule has 2 N–H and O–H groups in total. The van der Waals surface area contributed by atoms with Gasteiger partial charge in [-0.3, -0.25) is 15.5 Å². The maximum absolute atomic E-state index is 8.96. The van der Waals surface area contributed by atoms with Crippen LogP contribution in [0.15, 0.2) is 65.7 Å². The molecule has 3 aromatic heterocycles. The van der Waals surface area contributed by atoms with Crippen LogP contribution in [0.5, 0.6) is 0 Å². The molecule has 0 saturated heterocycles. The quantitative estimate of drug-likeness (QED) is 0.348. The van der Waals surface area contributed by atoms with E-state index in [1.807, 2.05) is 37.5 Å². The summed E-state index contributed by atoms with van der Waals surface area (Å²) in [6.07, 6.45) is 8.71. The van der Waals surface area contributed by atoms with Crippen molar-refractivity contribution in [1.29, 1.82) is 10.8 Å². The van der Waals surface area contributed by atoms with Crippen LogP contribution >= 0.6 is 15.9 Å². The molecule has 8 nitrogen and oxygen atoms in total. The van der Waals surface area contributed by atoms with Crippen molar-refractivity contribution in [2.75, 3.05) is 0 Å². The van der Waals surface area contributed by atoms with Gasteiger partial charge in [0, 0.05) is 36.8 Å². The molecule has 9 heteroatoms. The molecule has 1 saturated carbocycles. The van der Waals surface area contributed by atoms with Gasteiger partial charge in [-0.2, -0.15) is 10.2 Å². The lowest BCUT2D eigenvalue weighted by molar-refractivity contribution is 0.749. The summed E-state index contributed by atoms with van der Waals surface area (Å²) in [5.41, 5.74) is 3.16. The van der Waals surface area contributed by atoms with Gasteiger partial charge in [0.05, 0.1) is 21.8 Å². The minimum absolute atomic E-state index is 0.177. The Morgan fingerprint density at radius 1 is 1.06 bits per heavy atom. The Bertz CT molecular complexity index is 1350. The number of nitrogens with zero attached hydrogens (tertiary/aromatic N) is 6. The maximum Gasteiger partial charge on any atom is 0.159 e. The summed E-state index contributed by atoms with van der Waals surface area (Å²) < 4.78 is 3.96. The van der Waals surface area contributed by atoms with Crippen molar-refractivity contribution < 1.29 is 0 Å². The molecule has 31 heavy (non-hydrogen) atoms. The average molecular weight is 475 g/mol. The van der Waals surface area contributed by atoms with Gasteiger partial charge in [0.25, 0.3) is 0 Å². The summed E-state index contributed by atoms with van der Waals surface area (Å²) in [6.45, 7) is 0. The SMILES string of the molecule is Cn1cc(-c2ccc(=N)n(C(=N)C3(c4cccc(-c5ncc(Br)cn5)c4)CC3)n2)cn1. The molecule has 1 aliphatic carbocycles.